The van der Waals surface area contributed by atoms with Crippen molar-refractivity contribution in [2.45, 2.75) is 56.8 Å². The van der Waals surface area contributed by atoms with Crippen LogP contribution in [0.2, 0.25) is 0 Å². The highest BCUT2D eigenvalue weighted by Crippen LogP contribution is 2.39. The molecule has 2 fully saturated rings. The van der Waals surface area contributed by atoms with Crippen molar-refractivity contribution in [3.05, 3.63) is 0 Å². The van der Waals surface area contributed by atoms with Gasteiger partial charge in [-0.15, -0.1) is 0 Å². The van der Waals surface area contributed by atoms with Gasteiger partial charge in [0.05, 0.1) is 0 Å². The predicted molar refractivity (Wildman–Crippen MR) is 57.8 cm³/mol. The molecule has 3 N–H and O–H groups in total. The minimum absolute atomic E-state index is 0.389. The number of nitrogens with zero attached hydrogens (tertiary/aromatic N) is 1. The normalized spacial score (nSPS) is 48.6. The molecule has 2 aliphatic heterocycles. The Hall–Kier alpha value is -0.200. The Kier molecular flexibility index (Phi) is 3.25. The van der Waals surface area contributed by atoms with Gasteiger partial charge in [0.2, 0.25) is 0 Å². The fourth-order valence-electron chi connectivity index (χ4n) is 2.64. The highest BCUT2D eigenvalue weighted by molar-refractivity contribution is 5.05. The molecule has 0 unspecified atom stereocenters. The van der Waals surface area contributed by atoms with Crippen molar-refractivity contribution in [1.82, 2.24) is 4.90 Å². The molecule has 2 bridgehead atoms. The number of likely N-dealkylation sites (tertiary alicyclic amines) is 1. The van der Waals surface area contributed by atoms with Gasteiger partial charge in [0.1, 0.15) is 30.1 Å². The first-order valence-corrected chi connectivity index (χ1v) is 5.97. The number of hydrogen-bond donors (Lipinski definition) is 3. The number of ether oxygens (including phenoxy) is 1. The van der Waals surface area contributed by atoms with Gasteiger partial charge in [-0.2, -0.15) is 0 Å². The molecule has 16 heavy (non-hydrogen) atoms. The second kappa shape index (κ2) is 4.23. The number of hydrogen-bond acceptors (Lipinski definition) is 5. The van der Waals surface area contributed by atoms with Crippen LogP contribution in [-0.2, 0) is 4.74 Å². The maximum atomic E-state index is 9.99. The average molecular weight is 231 g/mol. The molecule has 0 aromatic heterocycles. The fraction of sp³-hybridized carbons (Fsp3) is 1.00. The van der Waals surface area contributed by atoms with E-state index in [0.717, 1.165) is 19.4 Å². The summed E-state index contributed by atoms with van der Waals surface area (Å²) in [6.45, 7) is 5.28. The zero-order chi connectivity index (χ0) is 11.9. The molecule has 2 aliphatic rings. The van der Waals surface area contributed by atoms with E-state index in [1.54, 1.807) is 6.92 Å². The molecule has 0 spiro atoms. The molecule has 0 amide bonds. The van der Waals surface area contributed by atoms with E-state index >= 15 is 0 Å². The highest BCUT2D eigenvalue weighted by atomic mass is 16.6. The van der Waals surface area contributed by atoms with Gasteiger partial charge in [-0.1, -0.05) is 13.3 Å². The standard InChI is InChI=1S/C11H21NO4/c1-3-4-5-12-6-7-8(13)9(14)10(15)11(12,2)16-7/h7-10,13-15H,3-6H2,1-2H3/t7-,8+,9-,10-,11-/m0/s1. The lowest BCUT2D eigenvalue weighted by molar-refractivity contribution is -0.256. The van der Waals surface area contributed by atoms with E-state index in [0.29, 0.717) is 6.54 Å². The molecule has 5 heteroatoms. The second-order valence-electron chi connectivity index (χ2n) is 4.94. The third-order valence-corrected chi connectivity index (χ3v) is 3.80. The lowest BCUT2D eigenvalue weighted by Crippen LogP contribution is -2.62. The Morgan fingerprint density at radius 3 is 2.62 bits per heavy atom. The van der Waals surface area contributed by atoms with Gasteiger partial charge in [-0.25, -0.2) is 0 Å². The highest BCUT2D eigenvalue weighted by Gasteiger charge is 2.58. The van der Waals surface area contributed by atoms with Crippen LogP contribution in [0.15, 0.2) is 0 Å². The molecule has 0 aromatic carbocycles. The van der Waals surface area contributed by atoms with Crippen LogP contribution in [0.3, 0.4) is 0 Å². The molecule has 94 valence electrons. The first-order valence-electron chi connectivity index (χ1n) is 5.97. The van der Waals surface area contributed by atoms with Crippen LogP contribution in [0.5, 0.6) is 0 Å². The Morgan fingerprint density at radius 2 is 2.00 bits per heavy atom. The summed E-state index contributed by atoms with van der Waals surface area (Å²) in [5, 5.41) is 29.4. The summed E-state index contributed by atoms with van der Waals surface area (Å²) in [5.41, 5.74) is -0.849. The topological polar surface area (TPSA) is 73.2 Å². The molecule has 2 heterocycles. The number of fused-ring (bicyclic) bond motifs is 2. The SMILES string of the molecule is CCCCN1C[C@@H]2O[C@@]1(C)[C@@H](O)[C@@H](O)[C@@H]2O. The molecule has 2 saturated heterocycles. The molecule has 0 saturated carbocycles. The van der Waals surface area contributed by atoms with Gasteiger partial charge >= 0.3 is 0 Å². The molecular weight excluding hydrogens is 210 g/mol. The summed E-state index contributed by atoms with van der Waals surface area (Å²) >= 11 is 0. The monoisotopic (exact) mass is 231 g/mol. The zero-order valence-electron chi connectivity index (χ0n) is 9.83. The van der Waals surface area contributed by atoms with E-state index < -0.39 is 24.0 Å². The minimum Gasteiger partial charge on any atom is -0.388 e. The van der Waals surface area contributed by atoms with E-state index in [-0.39, 0.29) is 6.10 Å². The summed E-state index contributed by atoms with van der Waals surface area (Å²) in [6.07, 6.45) is -1.47. The van der Waals surface area contributed by atoms with Crippen molar-refractivity contribution in [1.29, 1.82) is 0 Å². The quantitative estimate of drug-likeness (QED) is 0.599. The summed E-state index contributed by atoms with van der Waals surface area (Å²) in [6, 6.07) is 0. The molecular formula is C11H21NO4. The maximum absolute atomic E-state index is 9.99. The molecule has 0 radical (unpaired) electrons. The van der Waals surface area contributed by atoms with Gasteiger partial charge in [0.15, 0.2) is 0 Å². The van der Waals surface area contributed by atoms with Crippen LogP contribution in [0.1, 0.15) is 26.7 Å². The average Bonchev–Trinajstić information content (AvgIpc) is 2.58. The number of aliphatic hydroxyl groups is 3. The lowest BCUT2D eigenvalue weighted by Gasteiger charge is -2.43. The Labute approximate surface area is 95.6 Å². The van der Waals surface area contributed by atoms with Gasteiger partial charge in [-0.05, 0) is 13.3 Å². The first-order chi connectivity index (χ1) is 7.50. The number of aliphatic hydroxyl groups excluding tert-OH is 3. The van der Waals surface area contributed by atoms with Crippen LogP contribution in [0.25, 0.3) is 0 Å². The van der Waals surface area contributed by atoms with Gasteiger partial charge < -0.3 is 20.1 Å². The van der Waals surface area contributed by atoms with Gasteiger partial charge in [0.25, 0.3) is 0 Å². The smallest absolute Gasteiger partial charge is 0.148 e. The summed E-state index contributed by atoms with van der Waals surface area (Å²) < 4.78 is 5.66. The summed E-state index contributed by atoms with van der Waals surface area (Å²) in [5.74, 6) is 0. The summed E-state index contributed by atoms with van der Waals surface area (Å²) in [4.78, 5) is 2.02. The fourth-order valence-corrected chi connectivity index (χ4v) is 2.64. The van der Waals surface area contributed by atoms with Crippen molar-refractivity contribution in [3.8, 4) is 0 Å². The second-order valence-corrected chi connectivity index (χ2v) is 4.94. The molecule has 5 nitrogen and oxygen atoms in total. The Morgan fingerprint density at radius 1 is 1.31 bits per heavy atom. The minimum atomic E-state index is -1.12. The van der Waals surface area contributed by atoms with Crippen LogP contribution in [0.4, 0.5) is 0 Å². The lowest BCUT2D eigenvalue weighted by atomic mass is 9.95. The molecule has 0 aliphatic carbocycles. The van der Waals surface area contributed by atoms with Crippen LogP contribution < -0.4 is 0 Å². The van der Waals surface area contributed by atoms with E-state index in [4.69, 9.17) is 4.74 Å². The predicted octanol–water partition coefficient (Wildman–Crippen LogP) is -0.700. The largest absolute Gasteiger partial charge is 0.388 e. The Bertz CT molecular complexity index is 262. The van der Waals surface area contributed by atoms with Crippen molar-refractivity contribution in [3.63, 3.8) is 0 Å². The van der Waals surface area contributed by atoms with Crippen molar-refractivity contribution in [2.75, 3.05) is 13.1 Å². The van der Waals surface area contributed by atoms with E-state index in [1.807, 2.05) is 4.90 Å². The van der Waals surface area contributed by atoms with Crippen LogP contribution in [0, 0.1) is 0 Å². The third kappa shape index (κ3) is 1.67. The number of unbranched alkanes of at least 4 members (excludes halogenated alkanes) is 1. The molecule has 5 atom stereocenters. The summed E-state index contributed by atoms with van der Waals surface area (Å²) in [7, 11) is 0. The maximum Gasteiger partial charge on any atom is 0.148 e. The zero-order valence-corrected chi connectivity index (χ0v) is 9.83. The molecule has 0 aromatic rings. The van der Waals surface area contributed by atoms with E-state index in [2.05, 4.69) is 6.92 Å². The number of rotatable bonds is 3. The van der Waals surface area contributed by atoms with Crippen molar-refractivity contribution < 1.29 is 20.1 Å². The van der Waals surface area contributed by atoms with E-state index in [1.165, 1.54) is 0 Å². The van der Waals surface area contributed by atoms with Crippen LogP contribution in [-0.4, -0.2) is 63.4 Å². The van der Waals surface area contributed by atoms with Gasteiger partial charge in [-0.3, -0.25) is 4.90 Å². The van der Waals surface area contributed by atoms with Crippen LogP contribution >= 0.6 is 0 Å². The van der Waals surface area contributed by atoms with E-state index in [9.17, 15) is 15.3 Å². The Balaban J connectivity index is 2.14. The first kappa shape index (κ1) is 12.3. The third-order valence-electron chi connectivity index (χ3n) is 3.80. The van der Waals surface area contributed by atoms with Crippen molar-refractivity contribution >= 4 is 0 Å². The molecule has 2 rings (SSSR count). The van der Waals surface area contributed by atoms with Crippen molar-refractivity contribution in [2.24, 2.45) is 0 Å². The van der Waals surface area contributed by atoms with Gasteiger partial charge in [0, 0.05) is 13.1 Å².